The second kappa shape index (κ2) is 6.68. The third-order valence-corrected chi connectivity index (χ3v) is 2.58. The van der Waals surface area contributed by atoms with Gasteiger partial charge in [0.25, 0.3) is 0 Å². The Hall–Kier alpha value is -1.17. The van der Waals surface area contributed by atoms with E-state index < -0.39 is 43.2 Å². The highest BCUT2D eigenvalue weighted by molar-refractivity contribution is 5.73. The number of aliphatic hydroxyl groups is 3. The van der Waals surface area contributed by atoms with E-state index >= 15 is 0 Å². The number of amides is 1. The first kappa shape index (κ1) is 14.9. The molecule has 7 nitrogen and oxygen atoms in total. The molecule has 1 aliphatic rings. The molecule has 7 heteroatoms. The van der Waals surface area contributed by atoms with Crippen LogP contribution in [0.1, 0.15) is 6.92 Å². The highest BCUT2D eigenvalue weighted by Gasteiger charge is 2.45. The molecular weight excluding hydrogens is 242 g/mol. The van der Waals surface area contributed by atoms with Crippen LogP contribution in [0.4, 0.5) is 0 Å². The van der Waals surface area contributed by atoms with Crippen LogP contribution < -0.4 is 5.32 Å². The topological polar surface area (TPSA) is 108 Å². The summed E-state index contributed by atoms with van der Waals surface area (Å²) in [7, 11) is 0. The molecule has 0 aliphatic carbocycles. The quantitative estimate of drug-likeness (QED) is 0.418. The summed E-state index contributed by atoms with van der Waals surface area (Å²) in [4.78, 5) is 11.0. The number of nitrogens with one attached hydrogen (secondary N) is 1. The molecule has 1 amide bonds. The minimum atomic E-state index is -1.32. The van der Waals surface area contributed by atoms with Crippen molar-refractivity contribution in [3.8, 4) is 12.3 Å². The predicted molar refractivity (Wildman–Crippen MR) is 60.2 cm³/mol. The van der Waals surface area contributed by atoms with Gasteiger partial charge in [-0.15, -0.1) is 6.42 Å². The molecule has 102 valence electrons. The molecule has 5 atom stereocenters. The lowest BCUT2D eigenvalue weighted by atomic mass is 9.97. The Morgan fingerprint density at radius 2 is 2.17 bits per heavy atom. The van der Waals surface area contributed by atoms with Gasteiger partial charge in [-0.2, -0.15) is 0 Å². The average molecular weight is 259 g/mol. The summed E-state index contributed by atoms with van der Waals surface area (Å²) >= 11 is 0. The standard InChI is InChI=1S/C11H17NO6/c1-3-4-17-11-8(12-6(2)14)10(16)9(15)7(5-13)18-11/h1,7-11,13,15-16H,4-5H2,2H3,(H,12,14)/t7-,8-,9-,10-,11?/m1/s1. The van der Waals surface area contributed by atoms with E-state index in [2.05, 4.69) is 11.2 Å². The molecule has 1 fully saturated rings. The van der Waals surface area contributed by atoms with Crippen molar-refractivity contribution in [1.29, 1.82) is 0 Å². The fourth-order valence-electron chi connectivity index (χ4n) is 1.74. The van der Waals surface area contributed by atoms with E-state index in [9.17, 15) is 15.0 Å². The SMILES string of the molecule is C#CCOC1O[C@H](CO)[C@@H](O)[C@H](O)[C@H]1NC(C)=O. The fraction of sp³-hybridized carbons (Fsp3) is 0.727. The zero-order valence-corrected chi connectivity index (χ0v) is 9.94. The molecule has 1 rings (SSSR count). The summed E-state index contributed by atoms with van der Waals surface area (Å²) in [6.07, 6.45) is 0.383. The number of terminal acetylenes is 1. The third-order valence-electron chi connectivity index (χ3n) is 2.58. The van der Waals surface area contributed by atoms with E-state index in [1.807, 2.05) is 0 Å². The van der Waals surface area contributed by atoms with Crippen LogP contribution in [0.3, 0.4) is 0 Å². The number of carbonyl (C=O) groups excluding carboxylic acids is 1. The largest absolute Gasteiger partial charge is 0.394 e. The molecule has 0 bridgehead atoms. The van der Waals surface area contributed by atoms with E-state index in [1.165, 1.54) is 6.92 Å². The minimum Gasteiger partial charge on any atom is -0.394 e. The second-order valence-electron chi connectivity index (χ2n) is 3.95. The Morgan fingerprint density at radius 1 is 1.50 bits per heavy atom. The van der Waals surface area contributed by atoms with Gasteiger partial charge in [-0.25, -0.2) is 0 Å². The van der Waals surface area contributed by atoms with Gasteiger partial charge in [-0.1, -0.05) is 5.92 Å². The van der Waals surface area contributed by atoms with Gasteiger partial charge < -0.3 is 30.1 Å². The van der Waals surface area contributed by atoms with Crippen molar-refractivity contribution >= 4 is 5.91 Å². The van der Waals surface area contributed by atoms with Crippen LogP contribution in [0.25, 0.3) is 0 Å². The van der Waals surface area contributed by atoms with Gasteiger partial charge in [0.1, 0.15) is 31.0 Å². The molecule has 1 saturated heterocycles. The van der Waals surface area contributed by atoms with Crippen LogP contribution in [0.15, 0.2) is 0 Å². The van der Waals surface area contributed by atoms with Gasteiger partial charge in [-0.3, -0.25) is 4.79 Å². The van der Waals surface area contributed by atoms with Crippen LogP contribution in [-0.4, -0.2) is 65.1 Å². The number of rotatable bonds is 4. The van der Waals surface area contributed by atoms with Gasteiger partial charge in [0.15, 0.2) is 6.29 Å². The van der Waals surface area contributed by atoms with Gasteiger partial charge in [0, 0.05) is 6.92 Å². The lowest BCUT2D eigenvalue weighted by Crippen LogP contribution is -2.64. The first-order valence-electron chi connectivity index (χ1n) is 5.46. The molecule has 0 aromatic carbocycles. The Labute approximate surface area is 105 Å². The van der Waals surface area contributed by atoms with Crippen molar-refractivity contribution in [3.05, 3.63) is 0 Å². The molecule has 0 spiro atoms. The lowest BCUT2D eigenvalue weighted by Gasteiger charge is -2.41. The first-order chi connectivity index (χ1) is 8.51. The first-order valence-corrected chi connectivity index (χ1v) is 5.46. The van der Waals surface area contributed by atoms with Gasteiger partial charge in [-0.05, 0) is 0 Å². The van der Waals surface area contributed by atoms with Gasteiger partial charge in [0.05, 0.1) is 6.61 Å². The number of carbonyl (C=O) groups is 1. The highest BCUT2D eigenvalue weighted by Crippen LogP contribution is 2.21. The van der Waals surface area contributed by atoms with Crippen molar-refractivity contribution < 1.29 is 29.6 Å². The molecule has 4 N–H and O–H groups in total. The van der Waals surface area contributed by atoms with Crippen molar-refractivity contribution in [2.45, 2.75) is 37.6 Å². The normalized spacial score (nSPS) is 35.8. The Bertz CT molecular complexity index is 328. The minimum absolute atomic E-state index is 0.0816. The van der Waals surface area contributed by atoms with Crippen molar-refractivity contribution in [2.75, 3.05) is 13.2 Å². The monoisotopic (exact) mass is 259 g/mol. The molecule has 0 radical (unpaired) electrons. The molecule has 18 heavy (non-hydrogen) atoms. The maximum Gasteiger partial charge on any atom is 0.217 e. The summed E-state index contributed by atoms with van der Waals surface area (Å²) in [5.74, 6) is 1.82. The molecule has 0 aromatic heterocycles. The number of hydrogen-bond acceptors (Lipinski definition) is 6. The number of hydrogen-bond donors (Lipinski definition) is 4. The van der Waals surface area contributed by atoms with Crippen LogP contribution in [0, 0.1) is 12.3 Å². The average Bonchev–Trinajstić information content (AvgIpc) is 2.33. The van der Waals surface area contributed by atoms with Crippen molar-refractivity contribution in [1.82, 2.24) is 5.32 Å². The van der Waals surface area contributed by atoms with E-state index in [-0.39, 0.29) is 6.61 Å². The van der Waals surface area contributed by atoms with E-state index in [0.717, 1.165) is 0 Å². The zero-order chi connectivity index (χ0) is 13.7. The Morgan fingerprint density at radius 3 is 2.67 bits per heavy atom. The summed E-state index contributed by atoms with van der Waals surface area (Å²) in [6, 6.07) is -0.950. The van der Waals surface area contributed by atoms with E-state index in [4.69, 9.17) is 21.0 Å². The van der Waals surface area contributed by atoms with Crippen LogP contribution in [0.5, 0.6) is 0 Å². The maximum atomic E-state index is 11.0. The highest BCUT2D eigenvalue weighted by atomic mass is 16.7. The number of ether oxygens (including phenoxy) is 2. The molecule has 1 unspecified atom stereocenters. The fourth-order valence-corrected chi connectivity index (χ4v) is 1.74. The molecule has 1 heterocycles. The maximum absolute atomic E-state index is 11.0. The smallest absolute Gasteiger partial charge is 0.217 e. The third kappa shape index (κ3) is 3.41. The van der Waals surface area contributed by atoms with E-state index in [0.29, 0.717) is 0 Å². The summed E-state index contributed by atoms with van der Waals surface area (Å²) in [6.45, 7) is 0.693. The molecule has 0 aromatic rings. The molecular formula is C11H17NO6. The van der Waals surface area contributed by atoms with Crippen LogP contribution in [0.2, 0.25) is 0 Å². The summed E-state index contributed by atoms with van der Waals surface area (Å²) in [5.41, 5.74) is 0. The van der Waals surface area contributed by atoms with Crippen molar-refractivity contribution in [3.63, 3.8) is 0 Å². The Kier molecular flexibility index (Phi) is 5.53. The summed E-state index contributed by atoms with van der Waals surface area (Å²) < 4.78 is 10.4. The predicted octanol–water partition coefficient (Wildman–Crippen LogP) is -2.42. The summed E-state index contributed by atoms with van der Waals surface area (Å²) in [5, 5.41) is 31.0. The molecule has 1 aliphatic heterocycles. The number of aliphatic hydroxyl groups excluding tert-OH is 3. The molecule has 0 saturated carbocycles. The van der Waals surface area contributed by atoms with E-state index in [1.54, 1.807) is 0 Å². The lowest BCUT2D eigenvalue weighted by molar-refractivity contribution is -0.266. The van der Waals surface area contributed by atoms with Crippen LogP contribution >= 0.6 is 0 Å². The zero-order valence-electron chi connectivity index (χ0n) is 9.94. The Balaban J connectivity index is 2.80. The van der Waals surface area contributed by atoms with Crippen LogP contribution in [-0.2, 0) is 14.3 Å². The van der Waals surface area contributed by atoms with Gasteiger partial charge in [0.2, 0.25) is 5.91 Å². The van der Waals surface area contributed by atoms with Gasteiger partial charge >= 0.3 is 0 Å². The second-order valence-corrected chi connectivity index (χ2v) is 3.95. The van der Waals surface area contributed by atoms with Crippen molar-refractivity contribution in [2.24, 2.45) is 0 Å².